The van der Waals surface area contributed by atoms with Gasteiger partial charge in [-0.1, -0.05) is 36.4 Å². The normalized spacial score (nSPS) is 10.4. The van der Waals surface area contributed by atoms with Gasteiger partial charge >= 0.3 is 0 Å². The van der Waals surface area contributed by atoms with Crippen LogP contribution in [0, 0.1) is 0 Å². The van der Waals surface area contributed by atoms with Gasteiger partial charge in [0.2, 0.25) is 0 Å². The van der Waals surface area contributed by atoms with Crippen molar-refractivity contribution in [3.8, 4) is 5.75 Å². The molecule has 3 aromatic rings. The third-order valence-corrected chi connectivity index (χ3v) is 5.08. The molecular weight excluding hydrogens is 358 g/mol. The summed E-state index contributed by atoms with van der Waals surface area (Å²) in [5, 5.41) is 9.38. The first-order chi connectivity index (χ1) is 13.0. The van der Waals surface area contributed by atoms with E-state index in [1.54, 1.807) is 55.6 Å². The van der Waals surface area contributed by atoms with E-state index >= 15 is 0 Å². The fourth-order valence-corrected chi connectivity index (χ4v) is 3.41. The number of hydrogen-bond donors (Lipinski definition) is 1. The van der Waals surface area contributed by atoms with Gasteiger partial charge in [-0.05, 0) is 42.5 Å². The predicted molar refractivity (Wildman–Crippen MR) is 109 cm³/mol. The molecule has 136 valence electrons. The van der Waals surface area contributed by atoms with Crippen LogP contribution in [0.1, 0.15) is 20.7 Å². The highest BCUT2D eigenvalue weighted by Crippen LogP contribution is 2.23. The van der Waals surface area contributed by atoms with Gasteiger partial charge in [0.25, 0.3) is 5.91 Å². The zero-order chi connectivity index (χ0) is 19.2. The number of phenolic OH excluding ortho intramolecular Hbond substituents is 1. The number of anilines is 1. The highest BCUT2D eigenvalue weighted by Gasteiger charge is 2.14. The molecule has 3 rings (SSSR count). The molecule has 0 heterocycles. The number of nitrogens with zero attached hydrogens (tertiary/aromatic N) is 1. The van der Waals surface area contributed by atoms with E-state index in [0.29, 0.717) is 22.6 Å². The van der Waals surface area contributed by atoms with Gasteiger partial charge in [0.1, 0.15) is 5.75 Å². The quantitative estimate of drug-likeness (QED) is 0.502. The Bertz CT molecular complexity index is 939. The van der Waals surface area contributed by atoms with Crippen LogP contribution in [0.3, 0.4) is 0 Å². The van der Waals surface area contributed by atoms with Crippen LogP contribution in [0.25, 0.3) is 0 Å². The van der Waals surface area contributed by atoms with Gasteiger partial charge in [0, 0.05) is 28.8 Å². The molecule has 5 heteroatoms. The molecule has 0 fully saturated rings. The first kappa shape index (κ1) is 18.7. The van der Waals surface area contributed by atoms with E-state index in [2.05, 4.69) is 0 Å². The molecule has 1 amide bonds. The van der Waals surface area contributed by atoms with Crippen molar-refractivity contribution in [1.29, 1.82) is 0 Å². The van der Waals surface area contributed by atoms with Crippen molar-refractivity contribution in [2.75, 3.05) is 17.7 Å². The smallest absolute Gasteiger partial charge is 0.258 e. The number of amides is 1. The van der Waals surface area contributed by atoms with Gasteiger partial charge in [-0.15, -0.1) is 11.8 Å². The van der Waals surface area contributed by atoms with Gasteiger partial charge in [-0.2, -0.15) is 0 Å². The van der Waals surface area contributed by atoms with Crippen LogP contribution < -0.4 is 4.90 Å². The lowest BCUT2D eigenvalue weighted by Gasteiger charge is -2.17. The van der Waals surface area contributed by atoms with E-state index in [-0.39, 0.29) is 17.4 Å². The molecule has 0 atom stereocenters. The van der Waals surface area contributed by atoms with Crippen molar-refractivity contribution in [3.63, 3.8) is 0 Å². The second-order valence-electron chi connectivity index (χ2n) is 5.99. The van der Waals surface area contributed by atoms with Gasteiger partial charge in [0.15, 0.2) is 5.78 Å². The Labute approximate surface area is 162 Å². The van der Waals surface area contributed by atoms with Gasteiger partial charge in [-0.3, -0.25) is 9.59 Å². The lowest BCUT2D eigenvalue weighted by Crippen LogP contribution is -2.26. The third kappa shape index (κ3) is 4.77. The summed E-state index contributed by atoms with van der Waals surface area (Å²) in [5.74, 6) is 0.368. The summed E-state index contributed by atoms with van der Waals surface area (Å²) in [7, 11) is 1.69. The molecule has 0 aliphatic heterocycles. The standard InChI is InChI=1S/C22H19NO3S/c1-23(18-10-12-19(24)13-11-18)22(26)17-8-5-9-20(14-17)27-15-21(25)16-6-3-2-4-7-16/h2-14,24H,15H2,1H3. The number of benzene rings is 3. The lowest BCUT2D eigenvalue weighted by atomic mass is 10.2. The second-order valence-corrected chi connectivity index (χ2v) is 7.04. The highest BCUT2D eigenvalue weighted by atomic mass is 32.2. The summed E-state index contributed by atoms with van der Waals surface area (Å²) in [6.07, 6.45) is 0. The summed E-state index contributed by atoms with van der Waals surface area (Å²) in [4.78, 5) is 27.4. The van der Waals surface area contributed by atoms with E-state index in [1.807, 2.05) is 30.3 Å². The topological polar surface area (TPSA) is 57.6 Å². The van der Waals surface area contributed by atoms with Crippen LogP contribution in [0.15, 0.2) is 83.8 Å². The zero-order valence-corrected chi connectivity index (χ0v) is 15.6. The van der Waals surface area contributed by atoms with Crippen molar-refractivity contribution < 1.29 is 14.7 Å². The van der Waals surface area contributed by atoms with Crippen molar-refractivity contribution in [2.45, 2.75) is 4.90 Å². The monoisotopic (exact) mass is 377 g/mol. The van der Waals surface area contributed by atoms with Crippen molar-refractivity contribution in [3.05, 3.63) is 90.0 Å². The number of hydrogen-bond acceptors (Lipinski definition) is 4. The molecule has 0 aromatic heterocycles. The minimum atomic E-state index is -0.155. The summed E-state index contributed by atoms with van der Waals surface area (Å²) < 4.78 is 0. The maximum absolute atomic E-state index is 12.7. The number of phenols is 1. The summed E-state index contributed by atoms with van der Waals surface area (Å²) in [6, 6.07) is 22.9. The van der Waals surface area contributed by atoms with Crippen LogP contribution in [0.5, 0.6) is 5.75 Å². The molecule has 0 aliphatic carbocycles. The maximum atomic E-state index is 12.7. The van der Waals surface area contributed by atoms with Crippen LogP contribution >= 0.6 is 11.8 Å². The van der Waals surface area contributed by atoms with E-state index < -0.39 is 0 Å². The lowest BCUT2D eigenvalue weighted by molar-refractivity contribution is 0.0990. The van der Waals surface area contributed by atoms with E-state index in [0.717, 1.165) is 4.90 Å². The summed E-state index contributed by atoms with van der Waals surface area (Å²) >= 11 is 1.41. The Morgan fingerprint density at radius 3 is 2.26 bits per heavy atom. The van der Waals surface area contributed by atoms with Crippen LogP contribution in [0.4, 0.5) is 5.69 Å². The fraction of sp³-hybridized carbons (Fsp3) is 0.0909. The minimum Gasteiger partial charge on any atom is -0.508 e. The van der Waals surface area contributed by atoms with E-state index in [1.165, 1.54) is 16.7 Å². The number of Topliss-reactive ketones (excluding diaryl/α,β-unsaturated/α-hetero) is 1. The second kappa shape index (κ2) is 8.56. The number of carbonyl (C=O) groups is 2. The summed E-state index contributed by atoms with van der Waals surface area (Å²) in [6.45, 7) is 0. The van der Waals surface area contributed by atoms with Gasteiger partial charge in [-0.25, -0.2) is 0 Å². The molecule has 1 N–H and O–H groups in total. The van der Waals surface area contributed by atoms with Crippen LogP contribution in [-0.2, 0) is 0 Å². The molecule has 0 radical (unpaired) electrons. The molecule has 0 aliphatic rings. The van der Waals surface area contributed by atoms with Crippen LogP contribution in [0.2, 0.25) is 0 Å². The first-order valence-corrected chi connectivity index (χ1v) is 9.41. The Hall–Kier alpha value is -3.05. The largest absolute Gasteiger partial charge is 0.508 e. The van der Waals surface area contributed by atoms with Gasteiger partial charge in [0.05, 0.1) is 5.75 Å². The number of rotatable bonds is 6. The minimum absolute atomic E-state index is 0.0542. The first-order valence-electron chi connectivity index (χ1n) is 8.43. The Morgan fingerprint density at radius 2 is 1.56 bits per heavy atom. The molecule has 0 spiro atoms. The number of aromatic hydroxyl groups is 1. The van der Waals surface area contributed by atoms with E-state index in [9.17, 15) is 14.7 Å². The Kier molecular flexibility index (Phi) is 5.94. The molecule has 0 unspecified atom stereocenters. The predicted octanol–water partition coefficient (Wildman–Crippen LogP) is 4.64. The SMILES string of the molecule is CN(C(=O)c1cccc(SCC(=O)c2ccccc2)c1)c1ccc(O)cc1. The van der Waals surface area contributed by atoms with Crippen molar-refractivity contribution >= 4 is 29.1 Å². The molecule has 3 aromatic carbocycles. The third-order valence-electron chi connectivity index (χ3n) is 4.09. The molecule has 0 bridgehead atoms. The van der Waals surface area contributed by atoms with Gasteiger partial charge < -0.3 is 10.0 Å². The molecule has 4 nitrogen and oxygen atoms in total. The zero-order valence-electron chi connectivity index (χ0n) is 14.8. The van der Waals surface area contributed by atoms with Crippen LogP contribution in [-0.4, -0.2) is 29.6 Å². The number of ketones is 1. The molecule has 0 saturated carbocycles. The molecule has 0 saturated heterocycles. The Balaban J connectivity index is 1.68. The molecule has 27 heavy (non-hydrogen) atoms. The molecular formula is C22H19NO3S. The van der Waals surface area contributed by atoms with Crippen molar-refractivity contribution in [1.82, 2.24) is 0 Å². The highest BCUT2D eigenvalue weighted by molar-refractivity contribution is 8.00. The average molecular weight is 377 g/mol. The Morgan fingerprint density at radius 1 is 0.889 bits per heavy atom. The average Bonchev–Trinajstić information content (AvgIpc) is 2.72. The van der Waals surface area contributed by atoms with Crippen molar-refractivity contribution in [2.24, 2.45) is 0 Å². The number of carbonyl (C=O) groups excluding carboxylic acids is 2. The fourth-order valence-electron chi connectivity index (χ4n) is 2.56. The maximum Gasteiger partial charge on any atom is 0.258 e. The summed E-state index contributed by atoms with van der Waals surface area (Å²) in [5.41, 5.74) is 1.92. The number of thioether (sulfide) groups is 1. The van der Waals surface area contributed by atoms with E-state index in [4.69, 9.17) is 0 Å².